The number of nitrogens with zero attached hydrogens (tertiary/aromatic N) is 1. The van der Waals surface area contributed by atoms with Crippen molar-refractivity contribution in [3.63, 3.8) is 0 Å². The fourth-order valence-corrected chi connectivity index (χ4v) is 4.26. The molecule has 1 aliphatic heterocycles. The lowest BCUT2D eigenvalue weighted by Crippen LogP contribution is -2.00. The minimum absolute atomic E-state index is 0.121. The number of fused-ring (bicyclic) bond motifs is 3. The quantitative estimate of drug-likeness (QED) is 0.421. The van der Waals surface area contributed by atoms with Crippen LogP contribution in [0.2, 0.25) is 0 Å². The zero-order chi connectivity index (χ0) is 17.7. The van der Waals surface area contributed by atoms with Crippen LogP contribution in [-0.2, 0) is 6.42 Å². The van der Waals surface area contributed by atoms with Crippen molar-refractivity contribution in [2.24, 2.45) is 4.99 Å². The third-order valence-electron chi connectivity index (χ3n) is 5.64. The zero-order valence-electron chi connectivity index (χ0n) is 15.2. The second kappa shape index (κ2) is 5.81. The molecule has 3 aromatic carbocycles. The summed E-state index contributed by atoms with van der Waals surface area (Å²) in [4.78, 5) is 4.87. The largest absolute Gasteiger partial charge is 0.280 e. The van der Waals surface area contributed by atoms with Gasteiger partial charge in [0.25, 0.3) is 0 Å². The lowest BCUT2D eigenvalue weighted by atomic mass is 9.91. The number of aryl methyl sites for hydroxylation is 2. The van der Waals surface area contributed by atoms with Gasteiger partial charge < -0.3 is 0 Å². The summed E-state index contributed by atoms with van der Waals surface area (Å²) in [6.45, 7) is 4.34. The molecule has 0 saturated carbocycles. The first-order chi connectivity index (χ1) is 12.7. The van der Waals surface area contributed by atoms with Crippen LogP contribution in [-0.4, -0.2) is 6.21 Å². The van der Waals surface area contributed by atoms with Crippen molar-refractivity contribution in [1.29, 1.82) is 0 Å². The van der Waals surface area contributed by atoms with Gasteiger partial charge in [0.1, 0.15) is 0 Å². The van der Waals surface area contributed by atoms with Crippen LogP contribution in [0.4, 0.5) is 0 Å². The molecule has 1 aliphatic carbocycles. The highest BCUT2D eigenvalue weighted by Gasteiger charge is 2.26. The van der Waals surface area contributed by atoms with E-state index < -0.39 is 0 Å². The van der Waals surface area contributed by atoms with E-state index in [0.717, 1.165) is 6.42 Å². The molecule has 1 unspecified atom stereocenters. The molecule has 5 rings (SSSR count). The maximum absolute atomic E-state index is 4.87. The lowest BCUT2D eigenvalue weighted by molar-refractivity contribution is 0.904. The molecule has 0 fully saturated rings. The Morgan fingerprint density at radius 1 is 0.846 bits per heavy atom. The van der Waals surface area contributed by atoms with Crippen molar-refractivity contribution < 1.29 is 0 Å². The molecule has 0 amide bonds. The molecule has 1 nitrogen and oxygen atoms in total. The number of hydrogen-bond donors (Lipinski definition) is 0. The molecule has 1 heteroatoms. The van der Waals surface area contributed by atoms with Crippen molar-refractivity contribution in [2.75, 3.05) is 0 Å². The zero-order valence-corrected chi connectivity index (χ0v) is 15.2. The second-order valence-corrected chi connectivity index (χ2v) is 7.37. The van der Waals surface area contributed by atoms with E-state index in [-0.39, 0.29) is 6.04 Å². The first-order valence-corrected chi connectivity index (χ1v) is 9.23. The Balaban J connectivity index is 1.58. The summed E-state index contributed by atoms with van der Waals surface area (Å²) in [5.41, 5.74) is 12.1. The van der Waals surface area contributed by atoms with E-state index >= 15 is 0 Å². The molecule has 0 N–H and O–H groups in total. The third kappa shape index (κ3) is 2.35. The van der Waals surface area contributed by atoms with Crippen LogP contribution in [0.15, 0.2) is 71.7 Å². The van der Waals surface area contributed by atoms with Gasteiger partial charge in [0, 0.05) is 6.21 Å². The summed E-state index contributed by atoms with van der Waals surface area (Å²) in [7, 11) is 0. The number of aliphatic imine (C=N–C) groups is 1. The van der Waals surface area contributed by atoms with E-state index in [9.17, 15) is 0 Å². The van der Waals surface area contributed by atoms with E-state index in [0.29, 0.717) is 0 Å². The van der Waals surface area contributed by atoms with Crippen molar-refractivity contribution in [2.45, 2.75) is 26.3 Å². The average molecular weight is 335 g/mol. The topological polar surface area (TPSA) is 12.4 Å². The summed E-state index contributed by atoms with van der Waals surface area (Å²) >= 11 is 0. The van der Waals surface area contributed by atoms with Crippen LogP contribution in [0.3, 0.4) is 0 Å². The predicted molar refractivity (Wildman–Crippen MR) is 110 cm³/mol. The molecule has 0 spiro atoms. The van der Waals surface area contributed by atoms with Gasteiger partial charge >= 0.3 is 0 Å². The Morgan fingerprint density at radius 3 is 2.50 bits per heavy atom. The molecule has 0 bridgehead atoms. The van der Waals surface area contributed by atoms with Gasteiger partial charge in [0.15, 0.2) is 0 Å². The van der Waals surface area contributed by atoms with Gasteiger partial charge in [-0.05, 0) is 70.9 Å². The smallest absolute Gasteiger partial charge is 0.0945 e. The summed E-state index contributed by atoms with van der Waals surface area (Å²) in [5, 5.41) is 0. The van der Waals surface area contributed by atoms with Crippen LogP contribution in [0.1, 0.15) is 39.4 Å². The lowest BCUT2D eigenvalue weighted by Gasteiger charge is -2.15. The molecule has 2 aliphatic rings. The molecular formula is C25H21N. The highest BCUT2D eigenvalue weighted by Crippen LogP contribution is 2.43. The van der Waals surface area contributed by atoms with Crippen LogP contribution >= 0.6 is 0 Å². The molecule has 26 heavy (non-hydrogen) atoms. The highest BCUT2D eigenvalue weighted by molar-refractivity contribution is 6.12. The number of hydrogen-bond acceptors (Lipinski definition) is 1. The molecule has 0 saturated heterocycles. The maximum atomic E-state index is 4.87. The first-order valence-electron chi connectivity index (χ1n) is 9.23. The van der Waals surface area contributed by atoms with Crippen molar-refractivity contribution in [1.82, 2.24) is 0 Å². The summed E-state index contributed by atoms with van der Waals surface area (Å²) in [5.74, 6) is 0. The number of rotatable bonds is 2. The minimum Gasteiger partial charge on any atom is -0.280 e. The second-order valence-electron chi connectivity index (χ2n) is 7.37. The molecular weight excluding hydrogens is 314 g/mol. The van der Waals surface area contributed by atoms with E-state index in [1.54, 1.807) is 0 Å². The highest BCUT2D eigenvalue weighted by atomic mass is 14.8. The predicted octanol–water partition coefficient (Wildman–Crippen LogP) is 6.08. The van der Waals surface area contributed by atoms with Crippen LogP contribution in [0.25, 0.3) is 16.7 Å². The summed E-state index contributed by atoms with van der Waals surface area (Å²) in [6, 6.07) is 22.1. The standard InChI is InChI=1S/C25H21N/c1-16-7-10-18(11-8-16)20-14-24(26-15-20)25-17(2)9-12-22-21-6-4-3-5-19(21)13-23(22)25/h3-12,14-15,24H,13H2,1-2H3. The Hall–Kier alpha value is -2.93. The molecule has 126 valence electrons. The molecule has 3 aromatic rings. The molecule has 0 radical (unpaired) electrons. The van der Waals surface area contributed by atoms with Gasteiger partial charge in [-0.2, -0.15) is 0 Å². The van der Waals surface area contributed by atoms with Crippen molar-refractivity contribution in [3.8, 4) is 11.1 Å². The number of allylic oxidation sites excluding steroid dienone is 1. The van der Waals surface area contributed by atoms with Gasteiger partial charge in [0.05, 0.1) is 6.04 Å². The van der Waals surface area contributed by atoms with E-state index in [4.69, 9.17) is 4.99 Å². The Morgan fingerprint density at radius 2 is 1.65 bits per heavy atom. The van der Waals surface area contributed by atoms with Crippen molar-refractivity contribution in [3.05, 3.63) is 100 Å². The van der Waals surface area contributed by atoms with Gasteiger partial charge in [-0.1, -0.05) is 66.2 Å². The Kier molecular flexibility index (Phi) is 3.43. The maximum Gasteiger partial charge on any atom is 0.0945 e. The van der Waals surface area contributed by atoms with E-state index in [1.165, 1.54) is 50.1 Å². The minimum atomic E-state index is 0.121. The van der Waals surface area contributed by atoms with Crippen molar-refractivity contribution >= 4 is 11.8 Å². The fraction of sp³-hybridized carbons (Fsp3) is 0.160. The monoisotopic (exact) mass is 335 g/mol. The van der Waals surface area contributed by atoms with Gasteiger partial charge in [-0.15, -0.1) is 0 Å². The van der Waals surface area contributed by atoms with E-state index in [2.05, 4.69) is 80.6 Å². The SMILES string of the molecule is Cc1ccc(C2=CC(c3c(C)ccc4c3Cc3ccccc3-4)N=C2)cc1. The summed E-state index contributed by atoms with van der Waals surface area (Å²) < 4.78 is 0. The molecule has 1 heterocycles. The molecule has 0 aromatic heterocycles. The van der Waals surface area contributed by atoms with Gasteiger partial charge in [-0.25, -0.2) is 0 Å². The fourth-order valence-electron chi connectivity index (χ4n) is 4.26. The Bertz CT molecular complexity index is 1070. The van der Waals surface area contributed by atoms with E-state index in [1.807, 2.05) is 6.21 Å². The Labute approximate surface area is 154 Å². The van der Waals surface area contributed by atoms with Crippen LogP contribution in [0, 0.1) is 13.8 Å². The third-order valence-corrected chi connectivity index (χ3v) is 5.64. The van der Waals surface area contributed by atoms with Gasteiger partial charge in [0.2, 0.25) is 0 Å². The first kappa shape index (κ1) is 15.3. The normalized spacial score (nSPS) is 17.2. The van der Waals surface area contributed by atoms with Crippen LogP contribution < -0.4 is 0 Å². The molecule has 1 atom stereocenters. The average Bonchev–Trinajstić information content (AvgIpc) is 3.27. The van der Waals surface area contributed by atoms with Gasteiger partial charge in [-0.3, -0.25) is 4.99 Å². The van der Waals surface area contributed by atoms with Crippen LogP contribution in [0.5, 0.6) is 0 Å². The number of benzene rings is 3. The summed E-state index contributed by atoms with van der Waals surface area (Å²) in [6.07, 6.45) is 5.37.